The lowest BCUT2D eigenvalue weighted by molar-refractivity contribution is -0.137. The van der Waals surface area contributed by atoms with E-state index in [1.54, 1.807) is 42.6 Å². The molecule has 1 heterocycles. The first-order valence-corrected chi connectivity index (χ1v) is 8.86. The van der Waals surface area contributed by atoms with Crippen molar-refractivity contribution in [3.8, 4) is 11.6 Å². The zero-order valence-corrected chi connectivity index (χ0v) is 15.5. The van der Waals surface area contributed by atoms with Crippen LogP contribution in [0.5, 0.6) is 11.6 Å². The van der Waals surface area contributed by atoms with Crippen LogP contribution in [0.1, 0.15) is 43.5 Å². The van der Waals surface area contributed by atoms with E-state index in [4.69, 9.17) is 14.6 Å². The summed E-state index contributed by atoms with van der Waals surface area (Å²) < 4.78 is 11.1. The molecule has 0 bridgehead atoms. The number of benzene rings is 1. The van der Waals surface area contributed by atoms with E-state index in [0.29, 0.717) is 35.9 Å². The molecule has 7 heteroatoms. The van der Waals surface area contributed by atoms with E-state index in [1.807, 2.05) is 13.8 Å². The molecule has 0 aliphatic rings. The maximum absolute atomic E-state index is 12.4. The van der Waals surface area contributed by atoms with Gasteiger partial charge in [0.2, 0.25) is 5.88 Å². The molecule has 1 aromatic heterocycles. The van der Waals surface area contributed by atoms with Crippen LogP contribution in [0, 0.1) is 0 Å². The van der Waals surface area contributed by atoms with Gasteiger partial charge in [0.05, 0.1) is 12.7 Å². The van der Waals surface area contributed by atoms with Crippen molar-refractivity contribution in [2.24, 2.45) is 0 Å². The van der Waals surface area contributed by atoms with Crippen LogP contribution in [0.15, 0.2) is 42.6 Å². The standard InChI is InChI=1S/C20H24N2O5/c1-3-14(2)27-18-13-15(10-11-21-18)20(25)22-16-6-8-17(9-7-16)26-12-4-5-19(23)24/h6-11,13-14H,3-5,12H2,1-2H3,(H,22,25)(H,23,24). The van der Waals surface area contributed by atoms with E-state index in [1.165, 1.54) is 0 Å². The molecule has 0 radical (unpaired) electrons. The number of rotatable bonds is 10. The van der Waals surface area contributed by atoms with Gasteiger partial charge in [0, 0.05) is 29.9 Å². The molecule has 2 aromatic rings. The molecule has 1 atom stereocenters. The van der Waals surface area contributed by atoms with Crippen LogP contribution in [0.4, 0.5) is 5.69 Å². The Labute approximate surface area is 158 Å². The number of hydrogen-bond acceptors (Lipinski definition) is 5. The molecule has 1 unspecified atom stereocenters. The van der Waals surface area contributed by atoms with Gasteiger partial charge in [-0.3, -0.25) is 9.59 Å². The lowest BCUT2D eigenvalue weighted by atomic mass is 10.2. The van der Waals surface area contributed by atoms with Gasteiger partial charge >= 0.3 is 5.97 Å². The number of amides is 1. The molecule has 27 heavy (non-hydrogen) atoms. The molecule has 2 N–H and O–H groups in total. The second-order valence-corrected chi connectivity index (χ2v) is 6.04. The fourth-order valence-electron chi connectivity index (χ4n) is 2.16. The highest BCUT2D eigenvalue weighted by Gasteiger charge is 2.10. The van der Waals surface area contributed by atoms with Gasteiger partial charge in [0.25, 0.3) is 5.91 Å². The highest BCUT2D eigenvalue weighted by Crippen LogP contribution is 2.18. The minimum Gasteiger partial charge on any atom is -0.494 e. The summed E-state index contributed by atoms with van der Waals surface area (Å²) in [6.07, 6.45) is 2.93. The Bertz CT molecular complexity index is 761. The van der Waals surface area contributed by atoms with Crippen LogP contribution in [-0.4, -0.2) is 34.7 Å². The number of anilines is 1. The minimum absolute atomic E-state index is 0.0267. The van der Waals surface area contributed by atoms with Crippen LogP contribution in [-0.2, 0) is 4.79 Å². The SMILES string of the molecule is CCC(C)Oc1cc(C(=O)Nc2ccc(OCCCC(=O)O)cc2)ccn1. The van der Waals surface area contributed by atoms with Crippen molar-refractivity contribution in [3.63, 3.8) is 0 Å². The van der Waals surface area contributed by atoms with E-state index in [9.17, 15) is 9.59 Å². The third-order valence-corrected chi connectivity index (χ3v) is 3.81. The number of nitrogens with zero attached hydrogens (tertiary/aromatic N) is 1. The van der Waals surface area contributed by atoms with E-state index in [-0.39, 0.29) is 18.4 Å². The second-order valence-electron chi connectivity index (χ2n) is 6.04. The molecule has 1 aromatic carbocycles. The fourth-order valence-corrected chi connectivity index (χ4v) is 2.16. The summed E-state index contributed by atoms with van der Waals surface area (Å²) in [5.41, 5.74) is 1.08. The number of aliphatic carboxylic acids is 1. The molecular weight excluding hydrogens is 348 g/mol. The maximum atomic E-state index is 12.4. The number of aromatic nitrogens is 1. The van der Waals surface area contributed by atoms with Crippen molar-refractivity contribution in [2.45, 2.75) is 39.2 Å². The zero-order valence-electron chi connectivity index (χ0n) is 15.5. The van der Waals surface area contributed by atoms with Gasteiger partial charge in [-0.25, -0.2) is 4.98 Å². The molecule has 144 valence electrons. The third kappa shape index (κ3) is 6.97. The summed E-state index contributed by atoms with van der Waals surface area (Å²) in [4.78, 5) is 27.0. The average Bonchev–Trinajstić information content (AvgIpc) is 2.66. The predicted molar refractivity (Wildman–Crippen MR) is 101 cm³/mol. The van der Waals surface area contributed by atoms with Crippen LogP contribution in [0.25, 0.3) is 0 Å². The molecule has 0 aliphatic carbocycles. The van der Waals surface area contributed by atoms with Gasteiger partial charge in [-0.1, -0.05) is 6.92 Å². The summed E-state index contributed by atoms with van der Waals surface area (Å²) in [7, 11) is 0. The van der Waals surface area contributed by atoms with Gasteiger partial charge in [0.15, 0.2) is 0 Å². The molecular formula is C20H24N2O5. The van der Waals surface area contributed by atoms with Gasteiger partial charge in [-0.2, -0.15) is 0 Å². The number of pyridine rings is 1. The highest BCUT2D eigenvalue weighted by molar-refractivity contribution is 6.04. The zero-order chi connectivity index (χ0) is 19.6. The summed E-state index contributed by atoms with van der Waals surface area (Å²) >= 11 is 0. The van der Waals surface area contributed by atoms with E-state index in [2.05, 4.69) is 10.3 Å². The number of carbonyl (C=O) groups is 2. The maximum Gasteiger partial charge on any atom is 0.303 e. The van der Waals surface area contributed by atoms with Crippen molar-refractivity contribution in [3.05, 3.63) is 48.2 Å². The van der Waals surface area contributed by atoms with Crippen molar-refractivity contribution in [2.75, 3.05) is 11.9 Å². The number of ether oxygens (including phenoxy) is 2. The summed E-state index contributed by atoms with van der Waals surface area (Å²) in [6.45, 7) is 4.29. The Morgan fingerprint density at radius 1 is 1.22 bits per heavy atom. The Morgan fingerprint density at radius 3 is 2.63 bits per heavy atom. The molecule has 2 rings (SSSR count). The van der Waals surface area contributed by atoms with Crippen molar-refractivity contribution >= 4 is 17.6 Å². The summed E-state index contributed by atoms with van der Waals surface area (Å²) in [6, 6.07) is 10.1. The lowest BCUT2D eigenvalue weighted by Gasteiger charge is -2.12. The van der Waals surface area contributed by atoms with E-state index < -0.39 is 5.97 Å². The number of carboxylic acid groups (broad SMARTS) is 1. The number of carbonyl (C=O) groups excluding carboxylic acids is 1. The summed E-state index contributed by atoms with van der Waals surface area (Å²) in [5.74, 6) is -0.0688. The number of carboxylic acids is 1. The van der Waals surface area contributed by atoms with Gasteiger partial charge in [0.1, 0.15) is 5.75 Å². The molecule has 0 aliphatic heterocycles. The highest BCUT2D eigenvalue weighted by atomic mass is 16.5. The van der Waals surface area contributed by atoms with Crippen LogP contribution in [0.2, 0.25) is 0 Å². The first kappa shape index (κ1) is 20.2. The fraction of sp³-hybridized carbons (Fsp3) is 0.350. The average molecular weight is 372 g/mol. The van der Waals surface area contributed by atoms with Crippen LogP contribution in [0.3, 0.4) is 0 Å². The normalized spacial score (nSPS) is 11.5. The van der Waals surface area contributed by atoms with Crippen molar-refractivity contribution in [1.82, 2.24) is 4.98 Å². The Hall–Kier alpha value is -3.09. The number of hydrogen-bond donors (Lipinski definition) is 2. The van der Waals surface area contributed by atoms with Crippen LogP contribution >= 0.6 is 0 Å². The monoisotopic (exact) mass is 372 g/mol. The molecule has 0 saturated heterocycles. The topological polar surface area (TPSA) is 97.8 Å². The Balaban J connectivity index is 1.90. The quantitative estimate of drug-likeness (QED) is 0.616. The number of nitrogens with one attached hydrogen (secondary N) is 1. The molecule has 7 nitrogen and oxygen atoms in total. The summed E-state index contributed by atoms with van der Waals surface area (Å²) in [5, 5.41) is 11.4. The molecule has 0 saturated carbocycles. The largest absolute Gasteiger partial charge is 0.494 e. The predicted octanol–water partition coefficient (Wildman–Crippen LogP) is 3.75. The van der Waals surface area contributed by atoms with E-state index >= 15 is 0 Å². The molecule has 0 spiro atoms. The van der Waals surface area contributed by atoms with Gasteiger partial charge < -0.3 is 19.9 Å². The van der Waals surface area contributed by atoms with Gasteiger partial charge in [-0.05, 0) is 50.1 Å². The van der Waals surface area contributed by atoms with Crippen molar-refractivity contribution in [1.29, 1.82) is 0 Å². The smallest absolute Gasteiger partial charge is 0.303 e. The van der Waals surface area contributed by atoms with E-state index in [0.717, 1.165) is 6.42 Å². The second kappa shape index (κ2) is 10.2. The first-order chi connectivity index (χ1) is 13.0. The Kier molecular flexibility index (Phi) is 7.61. The third-order valence-electron chi connectivity index (χ3n) is 3.81. The minimum atomic E-state index is -0.842. The Morgan fingerprint density at radius 2 is 1.96 bits per heavy atom. The van der Waals surface area contributed by atoms with Gasteiger partial charge in [-0.15, -0.1) is 0 Å². The van der Waals surface area contributed by atoms with Crippen molar-refractivity contribution < 1.29 is 24.2 Å². The first-order valence-electron chi connectivity index (χ1n) is 8.86. The molecule has 0 fully saturated rings. The lowest BCUT2D eigenvalue weighted by Crippen LogP contribution is -2.14. The van der Waals surface area contributed by atoms with Crippen LogP contribution < -0.4 is 14.8 Å². The molecule has 1 amide bonds.